The molecule has 0 radical (unpaired) electrons. The van der Waals surface area contributed by atoms with Crippen molar-refractivity contribution < 1.29 is 14.3 Å². The Balaban J connectivity index is 1.82. The van der Waals surface area contributed by atoms with Crippen LogP contribution < -0.4 is 10.3 Å². The fourth-order valence-corrected chi connectivity index (χ4v) is 5.08. The van der Waals surface area contributed by atoms with Crippen LogP contribution in [-0.2, 0) is 9.53 Å². The van der Waals surface area contributed by atoms with Crippen LogP contribution in [0.15, 0.2) is 46.2 Å². The van der Waals surface area contributed by atoms with Gasteiger partial charge in [-0.15, -0.1) is 0 Å². The normalized spacial score (nSPS) is 15.1. The van der Waals surface area contributed by atoms with Crippen LogP contribution in [0.4, 0.5) is 0 Å². The monoisotopic (exact) mass is 495 g/mol. The van der Waals surface area contributed by atoms with Gasteiger partial charge in [-0.3, -0.25) is 18.9 Å². The number of aryl methyl sites for hydroxylation is 3. The Morgan fingerprint density at radius 1 is 1.15 bits per heavy atom. The molecule has 3 heterocycles. The summed E-state index contributed by atoms with van der Waals surface area (Å²) in [4.78, 5) is 33.1. The molecule has 1 aromatic carbocycles. The van der Waals surface area contributed by atoms with E-state index in [1.165, 1.54) is 27.1 Å². The van der Waals surface area contributed by atoms with E-state index < -0.39 is 0 Å². The third-order valence-electron chi connectivity index (χ3n) is 5.34. The Hall–Kier alpha value is -3.01. The molecule has 3 aromatic rings. The van der Waals surface area contributed by atoms with E-state index in [0.717, 1.165) is 16.7 Å². The zero-order valence-corrected chi connectivity index (χ0v) is 21.1. The van der Waals surface area contributed by atoms with Crippen molar-refractivity contribution in [1.82, 2.24) is 14.3 Å². The van der Waals surface area contributed by atoms with Gasteiger partial charge in [0.25, 0.3) is 11.5 Å². The summed E-state index contributed by atoms with van der Waals surface area (Å²) in [5.41, 5.74) is 3.26. The highest BCUT2D eigenvalue weighted by Crippen LogP contribution is 2.34. The number of amides is 1. The summed E-state index contributed by atoms with van der Waals surface area (Å²) in [7, 11) is 1.61. The Kier molecular flexibility index (Phi) is 7.16. The fourth-order valence-electron chi connectivity index (χ4n) is 3.79. The molecule has 34 heavy (non-hydrogen) atoms. The second-order valence-corrected chi connectivity index (χ2v) is 9.80. The molecule has 9 heteroatoms. The molecule has 0 aliphatic carbocycles. The van der Waals surface area contributed by atoms with Crippen LogP contribution in [0.5, 0.6) is 11.6 Å². The first kappa shape index (κ1) is 24.1. The van der Waals surface area contributed by atoms with E-state index in [1.54, 1.807) is 19.4 Å². The number of carbonyl (C=O) groups excluding carboxylic acids is 1. The molecule has 0 N–H and O–H groups in total. The van der Waals surface area contributed by atoms with Gasteiger partial charge in [-0.25, -0.2) is 0 Å². The molecular formula is C25H25N3O4S2. The molecule has 1 aliphatic rings. The zero-order chi connectivity index (χ0) is 24.4. The van der Waals surface area contributed by atoms with Crippen molar-refractivity contribution in [1.29, 1.82) is 0 Å². The van der Waals surface area contributed by atoms with Crippen LogP contribution in [-0.4, -0.2) is 44.8 Å². The average molecular weight is 496 g/mol. The molecule has 4 rings (SSSR count). The van der Waals surface area contributed by atoms with E-state index in [4.69, 9.17) is 21.7 Å². The molecule has 0 spiro atoms. The number of pyridine rings is 1. The van der Waals surface area contributed by atoms with Gasteiger partial charge in [0.15, 0.2) is 0 Å². The maximum Gasteiger partial charge on any atom is 0.269 e. The van der Waals surface area contributed by atoms with Crippen molar-refractivity contribution >= 4 is 45.9 Å². The van der Waals surface area contributed by atoms with Crippen LogP contribution in [0.3, 0.4) is 0 Å². The van der Waals surface area contributed by atoms with E-state index in [0.29, 0.717) is 40.2 Å². The second-order valence-electron chi connectivity index (χ2n) is 8.13. The molecule has 0 unspecified atom stereocenters. The van der Waals surface area contributed by atoms with E-state index in [1.807, 2.05) is 45.0 Å². The minimum Gasteiger partial charge on any atom is -0.438 e. The van der Waals surface area contributed by atoms with E-state index >= 15 is 0 Å². The van der Waals surface area contributed by atoms with Crippen molar-refractivity contribution in [2.45, 2.75) is 27.2 Å². The van der Waals surface area contributed by atoms with Gasteiger partial charge in [0, 0.05) is 26.5 Å². The summed E-state index contributed by atoms with van der Waals surface area (Å²) in [6.07, 6.45) is 3.86. The minimum absolute atomic E-state index is 0.147. The molecule has 0 saturated carbocycles. The number of carbonyl (C=O) groups is 1. The van der Waals surface area contributed by atoms with Crippen LogP contribution >= 0.6 is 24.0 Å². The van der Waals surface area contributed by atoms with Crippen LogP contribution in [0, 0.1) is 20.8 Å². The van der Waals surface area contributed by atoms with Gasteiger partial charge < -0.3 is 9.47 Å². The van der Waals surface area contributed by atoms with Crippen molar-refractivity contribution in [3.63, 3.8) is 0 Å². The molecule has 0 bridgehead atoms. The molecule has 1 fully saturated rings. The summed E-state index contributed by atoms with van der Waals surface area (Å²) >= 11 is 6.58. The first-order valence-electron chi connectivity index (χ1n) is 10.8. The van der Waals surface area contributed by atoms with Crippen LogP contribution in [0.25, 0.3) is 11.7 Å². The highest BCUT2D eigenvalue weighted by Gasteiger charge is 2.32. The predicted octanol–water partition coefficient (Wildman–Crippen LogP) is 4.65. The van der Waals surface area contributed by atoms with Crippen LogP contribution in [0.2, 0.25) is 0 Å². The topological polar surface area (TPSA) is 73.1 Å². The highest BCUT2D eigenvalue weighted by atomic mass is 32.2. The smallest absolute Gasteiger partial charge is 0.269 e. The maximum absolute atomic E-state index is 13.5. The Morgan fingerprint density at radius 3 is 2.59 bits per heavy atom. The Morgan fingerprint density at radius 2 is 1.88 bits per heavy atom. The quantitative estimate of drug-likeness (QED) is 0.268. The van der Waals surface area contributed by atoms with E-state index in [9.17, 15) is 9.59 Å². The maximum atomic E-state index is 13.5. The lowest BCUT2D eigenvalue weighted by molar-refractivity contribution is -0.122. The van der Waals surface area contributed by atoms with Gasteiger partial charge in [0.05, 0.1) is 4.91 Å². The number of methoxy groups -OCH3 is 1. The number of aromatic nitrogens is 2. The highest BCUT2D eigenvalue weighted by molar-refractivity contribution is 8.26. The Bertz CT molecular complexity index is 1360. The van der Waals surface area contributed by atoms with E-state index in [2.05, 4.69) is 4.98 Å². The molecule has 1 saturated heterocycles. The molecule has 176 valence electrons. The summed E-state index contributed by atoms with van der Waals surface area (Å²) in [5, 5.41) is 0. The zero-order valence-electron chi connectivity index (χ0n) is 19.5. The number of thiocarbonyl (C=S) groups is 1. The van der Waals surface area contributed by atoms with Gasteiger partial charge in [-0.1, -0.05) is 36.1 Å². The van der Waals surface area contributed by atoms with Gasteiger partial charge in [0.1, 0.15) is 21.3 Å². The predicted molar refractivity (Wildman–Crippen MR) is 139 cm³/mol. The number of hydrogen-bond acceptors (Lipinski definition) is 7. The number of benzene rings is 1. The summed E-state index contributed by atoms with van der Waals surface area (Å²) in [6.45, 7) is 6.81. The largest absolute Gasteiger partial charge is 0.438 e. The molecule has 1 aliphatic heterocycles. The molecule has 1 amide bonds. The number of rotatable bonds is 7. The third kappa shape index (κ3) is 4.91. The lowest BCUT2D eigenvalue weighted by atomic mass is 10.1. The van der Waals surface area contributed by atoms with Crippen molar-refractivity contribution in [2.24, 2.45) is 0 Å². The number of fused-ring (bicyclic) bond motifs is 1. The lowest BCUT2D eigenvalue weighted by Gasteiger charge is -2.14. The summed E-state index contributed by atoms with van der Waals surface area (Å²) < 4.78 is 13.1. The second kappa shape index (κ2) is 10.1. The SMILES string of the molecule is COCCCN1C(=O)/C(=C\c2c(Oc3cc(C)cc(C)c3)nc3c(C)cccn3c2=O)SC1=S. The standard InChI is InChI=1S/C25H25N3O4S2/c1-15-11-16(2)13-18(12-15)32-22-19(23(29)27-8-5-7-17(3)21(27)26-22)14-20-24(30)28(25(33)34-20)9-6-10-31-4/h5,7-8,11-14H,6,9-10H2,1-4H3/b20-14+. The number of thioether (sulfide) groups is 1. The van der Waals surface area contributed by atoms with Crippen LogP contribution in [0.1, 0.15) is 28.7 Å². The first-order valence-corrected chi connectivity index (χ1v) is 12.0. The van der Waals surface area contributed by atoms with Crippen molar-refractivity contribution in [3.8, 4) is 11.6 Å². The summed E-state index contributed by atoms with van der Waals surface area (Å²) in [6, 6.07) is 9.47. The lowest BCUT2D eigenvalue weighted by Crippen LogP contribution is -2.29. The van der Waals surface area contributed by atoms with Gasteiger partial charge in [-0.05, 0) is 68.2 Å². The number of hydrogen-bond donors (Lipinski definition) is 0. The minimum atomic E-state index is -0.322. The van der Waals surface area contributed by atoms with Crippen molar-refractivity contribution in [3.05, 3.63) is 74.0 Å². The Labute approximate surface area is 207 Å². The van der Waals surface area contributed by atoms with Crippen molar-refractivity contribution in [2.75, 3.05) is 20.3 Å². The third-order valence-corrected chi connectivity index (χ3v) is 6.72. The molecule has 7 nitrogen and oxygen atoms in total. The van der Waals surface area contributed by atoms with Gasteiger partial charge >= 0.3 is 0 Å². The molecule has 0 atom stereocenters. The fraction of sp³-hybridized carbons (Fsp3) is 0.280. The average Bonchev–Trinajstić information content (AvgIpc) is 3.04. The number of ether oxygens (including phenoxy) is 2. The molecular weight excluding hydrogens is 470 g/mol. The number of nitrogens with zero attached hydrogens (tertiary/aromatic N) is 3. The van der Waals surface area contributed by atoms with Gasteiger partial charge in [0.2, 0.25) is 5.88 Å². The summed E-state index contributed by atoms with van der Waals surface area (Å²) in [5.74, 6) is 0.482. The molecule has 2 aromatic heterocycles. The van der Waals surface area contributed by atoms with E-state index in [-0.39, 0.29) is 22.9 Å². The van der Waals surface area contributed by atoms with Gasteiger partial charge in [-0.2, -0.15) is 4.98 Å². The first-order chi connectivity index (χ1) is 16.3.